The molecular weight excluding hydrogens is 304 g/mol. The number of anilines is 1. The topological polar surface area (TPSA) is 159 Å². The Morgan fingerprint density at radius 1 is 1.33 bits per heavy atom. The van der Waals surface area contributed by atoms with Gasteiger partial charge in [0.05, 0.1) is 22.0 Å². The number of hydrogen-bond acceptors (Lipinski definition) is 8. The number of nitrogens with zero attached hydrogens (tertiary/aromatic N) is 2. The Bertz CT molecular complexity index is 654. The number of aliphatic hydroxyl groups excluding tert-OH is 2. The fourth-order valence-corrected chi connectivity index (χ4v) is 3.52. The molecule has 2 unspecified atom stereocenters. The molecule has 21 heavy (non-hydrogen) atoms. The molecule has 2 rings (SSSR count). The summed E-state index contributed by atoms with van der Waals surface area (Å²) < 4.78 is 25.5. The van der Waals surface area contributed by atoms with Crippen LogP contribution in [0.15, 0.2) is 23.1 Å². The fourth-order valence-electron chi connectivity index (χ4n) is 2.03. The number of nitro groups is 1. The summed E-state index contributed by atoms with van der Waals surface area (Å²) in [6, 6.07) is 3.21. The van der Waals surface area contributed by atoms with Crippen LogP contribution >= 0.6 is 0 Å². The molecule has 116 valence electrons. The summed E-state index contributed by atoms with van der Waals surface area (Å²) in [4.78, 5) is 9.83. The highest BCUT2D eigenvalue weighted by Gasteiger charge is 2.38. The first-order chi connectivity index (χ1) is 9.77. The van der Waals surface area contributed by atoms with Crippen molar-refractivity contribution in [1.82, 2.24) is 4.31 Å². The minimum atomic E-state index is -4.05. The lowest BCUT2D eigenvalue weighted by Gasteiger charge is -2.15. The van der Waals surface area contributed by atoms with Crippen molar-refractivity contribution in [3.63, 3.8) is 0 Å². The summed E-state index contributed by atoms with van der Waals surface area (Å²) in [5, 5.41) is 29.7. The van der Waals surface area contributed by atoms with Crippen LogP contribution in [0.3, 0.4) is 0 Å². The van der Waals surface area contributed by atoms with E-state index >= 15 is 0 Å². The highest BCUT2D eigenvalue weighted by Crippen LogP contribution is 2.29. The van der Waals surface area contributed by atoms with Gasteiger partial charge in [-0.3, -0.25) is 16.0 Å². The molecule has 0 radical (unpaired) electrons. The average Bonchev–Trinajstić information content (AvgIpc) is 2.78. The van der Waals surface area contributed by atoms with Crippen LogP contribution < -0.4 is 11.3 Å². The molecule has 1 saturated heterocycles. The van der Waals surface area contributed by atoms with Crippen molar-refractivity contribution in [3.8, 4) is 0 Å². The molecule has 0 aromatic heterocycles. The third kappa shape index (κ3) is 2.82. The zero-order valence-corrected chi connectivity index (χ0v) is 11.5. The first-order valence-corrected chi connectivity index (χ1v) is 7.32. The summed E-state index contributed by atoms with van der Waals surface area (Å²) in [6.07, 6.45) is -2.36. The van der Waals surface area contributed by atoms with E-state index in [-0.39, 0.29) is 23.7 Å². The largest absolute Gasteiger partial charge is 0.389 e. The number of nitrogens with two attached hydrogens (primary N) is 1. The van der Waals surface area contributed by atoms with E-state index in [1.807, 2.05) is 0 Å². The normalized spacial score (nSPS) is 23.2. The number of sulfonamides is 1. The zero-order chi connectivity index (χ0) is 15.8. The van der Waals surface area contributed by atoms with Gasteiger partial charge in [0.15, 0.2) is 0 Å². The van der Waals surface area contributed by atoms with E-state index < -0.39 is 32.8 Å². The van der Waals surface area contributed by atoms with Crippen LogP contribution in [0.4, 0.5) is 11.4 Å². The van der Waals surface area contributed by atoms with E-state index in [1.54, 1.807) is 0 Å². The number of nitro benzene ring substituents is 1. The molecule has 5 N–H and O–H groups in total. The monoisotopic (exact) mass is 318 g/mol. The second-order valence-corrected chi connectivity index (χ2v) is 6.48. The second-order valence-electron chi connectivity index (χ2n) is 4.54. The molecule has 1 aliphatic heterocycles. The molecule has 1 aromatic carbocycles. The van der Waals surface area contributed by atoms with Crippen molar-refractivity contribution in [1.29, 1.82) is 0 Å². The summed E-state index contributed by atoms with van der Waals surface area (Å²) >= 11 is 0. The Kier molecular flexibility index (Phi) is 4.11. The molecule has 0 amide bonds. The highest BCUT2D eigenvalue weighted by molar-refractivity contribution is 7.89. The van der Waals surface area contributed by atoms with Gasteiger partial charge in [-0.15, -0.1) is 0 Å². The predicted octanol–water partition coefficient (Wildman–Crippen LogP) is -1.39. The van der Waals surface area contributed by atoms with E-state index in [2.05, 4.69) is 5.43 Å². The molecule has 10 nitrogen and oxygen atoms in total. The Hall–Kier alpha value is -1.79. The van der Waals surface area contributed by atoms with E-state index in [0.717, 1.165) is 16.4 Å². The Morgan fingerprint density at radius 2 is 1.90 bits per heavy atom. The summed E-state index contributed by atoms with van der Waals surface area (Å²) in [5.41, 5.74) is 1.59. The Labute approximate surface area is 120 Å². The number of β-amino-alcohol motifs (C(OH)–C–C–N with tert-alkyl or cyclic N) is 2. The zero-order valence-electron chi connectivity index (χ0n) is 10.7. The van der Waals surface area contributed by atoms with Gasteiger partial charge in [-0.2, -0.15) is 4.31 Å². The molecule has 1 heterocycles. The average molecular weight is 318 g/mol. The number of hydrogen-bond donors (Lipinski definition) is 4. The van der Waals surface area contributed by atoms with Crippen LogP contribution in [0.25, 0.3) is 0 Å². The third-order valence-electron chi connectivity index (χ3n) is 3.18. The Morgan fingerprint density at radius 3 is 2.38 bits per heavy atom. The maximum absolute atomic E-state index is 12.3. The van der Waals surface area contributed by atoms with Gasteiger partial charge < -0.3 is 15.6 Å². The molecule has 0 bridgehead atoms. The van der Waals surface area contributed by atoms with Crippen LogP contribution in [0.2, 0.25) is 0 Å². The molecule has 11 heteroatoms. The first-order valence-electron chi connectivity index (χ1n) is 5.88. The lowest BCUT2D eigenvalue weighted by Crippen LogP contribution is -2.30. The highest BCUT2D eigenvalue weighted by atomic mass is 32.2. The fraction of sp³-hybridized carbons (Fsp3) is 0.400. The quantitative estimate of drug-likeness (QED) is 0.300. The maximum atomic E-state index is 12.3. The first kappa shape index (κ1) is 15.6. The molecule has 1 fully saturated rings. The lowest BCUT2D eigenvalue weighted by atomic mass is 10.3. The number of nitrogens with one attached hydrogen (secondary N) is 1. The van der Waals surface area contributed by atoms with Gasteiger partial charge in [0.1, 0.15) is 5.69 Å². The number of aliphatic hydroxyl groups is 2. The maximum Gasteiger partial charge on any atom is 0.294 e. The van der Waals surface area contributed by atoms with Crippen molar-refractivity contribution >= 4 is 21.4 Å². The van der Waals surface area contributed by atoms with Gasteiger partial charge >= 0.3 is 0 Å². The number of hydrazine groups is 1. The minimum Gasteiger partial charge on any atom is -0.389 e. The van der Waals surface area contributed by atoms with Crippen molar-refractivity contribution in [3.05, 3.63) is 28.3 Å². The SMILES string of the molecule is NNc1ccc(S(=O)(=O)N2CC(O)C(O)C2)cc1[N+](=O)[O-]. The second kappa shape index (κ2) is 5.54. The molecular formula is C10H14N4O6S. The number of nitrogen functional groups attached to an aromatic ring is 1. The van der Waals surface area contributed by atoms with E-state index in [1.165, 1.54) is 6.07 Å². The van der Waals surface area contributed by atoms with Crippen molar-refractivity contribution in [2.45, 2.75) is 17.1 Å². The van der Waals surface area contributed by atoms with Crippen LogP contribution in [0, 0.1) is 10.1 Å². The number of benzene rings is 1. The third-order valence-corrected chi connectivity index (χ3v) is 5.01. The standard InChI is InChI=1S/C10H14N4O6S/c11-12-7-2-1-6(3-8(7)14(17)18)21(19,20)13-4-9(15)10(16)5-13/h1-3,9-10,12,15-16H,4-5,11H2. The van der Waals surface area contributed by atoms with Crippen LogP contribution in [0.5, 0.6) is 0 Å². The smallest absolute Gasteiger partial charge is 0.294 e. The molecule has 0 saturated carbocycles. The van der Waals surface area contributed by atoms with E-state index in [4.69, 9.17) is 5.84 Å². The minimum absolute atomic E-state index is 0.0274. The van der Waals surface area contributed by atoms with Gasteiger partial charge in [0.2, 0.25) is 10.0 Å². The summed E-state index contributed by atoms with van der Waals surface area (Å²) in [5.74, 6) is 5.13. The molecule has 0 aliphatic carbocycles. The molecule has 1 aromatic rings. The number of rotatable bonds is 4. The van der Waals surface area contributed by atoms with Gasteiger partial charge in [-0.25, -0.2) is 8.42 Å². The predicted molar refractivity (Wildman–Crippen MR) is 71.7 cm³/mol. The van der Waals surface area contributed by atoms with Crippen molar-refractivity contribution < 1.29 is 23.6 Å². The lowest BCUT2D eigenvalue weighted by molar-refractivity contribution is -0.384. The van der Waals surface area contributed by atoms with Gasteiger partial charge in [0, 0.05) is 19.2 Å². The van der Waals surface area contributed by atoms with E-state index in [0.29, 0.717) is 0 Å². The van der Waals surface area contributed by atoms with Gasteiger partial charge in [0.25, 0.3) is 5.69 Å². The van der Waals surface area contributed by atoms with Crippen molar-refractivity contribution in [2.24, 2.45) is 5.84 Å². The van der Waals surface area contributed by atoms with Crippen LogP contribution in [-0.4, -0.2) is 53.2 Å². The molecule has 2 atom stereocenters. The van der Waals surface area contributed by atoms with E-state index in [9.17, 15) is 28.7 Å². The van der Waals surface area contributed by atoms with Gasteiger partial charge in [-0.1, -0.05) is 0 Å². The summed E-state index contributed by atoms with van der Waals surface area (Å²) in [6.45, 7) is -0.539. The van der Waals surface area contributed by atoms with Crippen molar-refractivity contribution in [2.75, 3.05) is 18.5 Å². The van der Waals surface area contributed by atoms with Gasteiger partial charge in [-0.05, 0) is 12.1 Å². The molecule has 0 spiro atoms. The van der Waals surface area contributed by atoms with Crippen LogP contribution in [-0.2, 0) is 10.0 Å². The molecule has 1 aliphatic rings. The Balaban J connectivity index is 2.42. The summed E-state index contributed by atoms with van der Waals surface area (Å²) in [7, 11) is -4.05. The van der Waals surface area contributed by atoms with Crippen LogP contribution in [0.1, 0.15) is 0 Å².